The Labute approximate surface area is 220 Å². The van der Waals surface area contributed by atoms with E-state index in [0.29, 0.717) is 0 Å². The summed E-state index contributed by atoms with van der Waals surface area (Å²) in [5.74, 6) is 5.04. The average Bonchev–Trinajstić information content (AvgIpc) is 2.77. The van der Waals surface area contributed by atoms with E-state index < -0.39 is 0 Å². The monoisotopic (exact) mass is 805 g/mol. The zero-order valence-corrected chi connectivity index (χ0v) is 26.4. The van der Waals surface area contributed by atoms with Gasteiger partial charge in [0.05, 0.1) is 0 Å². The number of hydrogen-bond donors (Lipinski definition) is 0. The fourth-order valence-corrected chi connectivity index (χ4v) is 3.38. The maximum absolute atomic E-state index is 7.24. The minimum absolute atomic E-state index is 0.959. The van der Waals surface area contributed by atoms with Gasteiger partial charge in [0.15, 0.2) is 0 Å². The van der Waals surface area contributed by atoms with Crippen molar-refractivity contribution >= 4 is 42.1 Å². The SMILES string of the molecule is II.[C-]#Cc1c(C)c(C)c(C)c(C)c1C.[C-]#Cc1c(C)c(C)c(C)c(C)c1C.[CH2]=[Pt]. The second-order valence-corrected chi connectivity index (χ2v) is 7.25. The van der Waals surface area contributed by atoms with Crippen LogP contribution in [0.25, 0.3) is 0 Å². The van der Waals surface area contributed by atoms with Crippen LogP contribution in [0, 0.1) is 93.9 Å². The molecule has 2 aromatic rings. The van der Waals surface area contributed by atoms with Gasteiger partial charge in [0.1, 0.15) is 0 Å². The van der Waals surface area contributed by atoms with E-state index in [9.17, 15) is 0 Å². The first-order valence-electron chi connectivity index (χ1n) is 9.37. The van der Waals surface area contributed by atoms with Gasteiger partial charge >= 0.3 is 24.3 Å². The molecule has 0 saturated heterocycles. The summed E-state index contributed by atoms with van der Waals surface area (Å²) in [5.41, 5.74) is 14.5. The van der Waals surface area contributed by atoms with Gasteiger partial charge in [-0.1, -0.05) is 49.9 Å². The molecule has 0 aliphatic heterocycles. The molecule has 0 fully saturated rings. The third kappa shape index (κ3) is 7.32. The molecule has 0 bridgehead atoms. The first kappa shape index (κ1) is 31.8. The number of hydrogen-bond acceptors (Lipinski definition) is 0. The standard InChI is InChI=1S/2C13H15.CH2.I2.Pt/c2*1-7-13-11(5)9(3)8(2)10(4)12(13)6;;1-2;/h2*2-6H3;1H2;;/q2*-1;;;. The second-order valence-electron chi connectivity index (χ2n) is 7.25. The Hall–Kier alpha value is -0.422. The number of halogens is 2. The first-order chi connectivity index (χ1) is 14.0. The van der Waals surface area contributed by atoms with E-state index in [1.807, 2.05) is 19.4 Å². The molecule has 2 aromatic carbocycles. The molecule has 0 unspecified atom stereocenters. The minimum atomic E-state index is 0.959. The summed E-state index contributed by atoms with van der Waals surface area (Å²) in [4.78, 5) is 3.22. The Balaban J connectivity index is 0. The quantitative estimate of drug-likeness (QED) is 0.144. The van der Waals surface area contributed by atoms with Crippen molar-refractivity contribution in [3.05, 3.63) is 79.6 Å². The molecule has 3 heteroatoms. The Bertz CT molecular complexity index is 833. The van der Waals surface area contributed by atoms with Crippen molar-refractivity contribution in [2.24, 2.45) is 0 Å². The van der Waals surface area contributed by atoms with Crippen LogP contribution in [0.2, 0.25) is 0 Å². The first-order valence-corrected chi connectivity index (χ1v) is 17.3. The third-order valence-electron chi connectivity index (χ3n) is 6.25. The van der Waals surface area contributed by atoms with Crippen molar-refractivity contribution in [2.45, 2.75) is 69.2 Å². The van der Waals surface area contributed by atoms with Gasteiger partial charge in [-0.2, -0.15) is 0 Å². The molecule has 166 valence electrons. The van der Waals surface area contributed by atoms with E-state index in [1.165, 1.54) is 55.6 Å². The molecule has 0 aromatic heterocycles. The van der Waals surface area contributed by atoms with Gasteiger partial charge in [-0.05, 0) is 52.7 Å². The summed E-state index contributed by atoms with van der Waals surface area (Å²) in [6.45, 7) is 21.0. The molecular formula is C27H32I2Pt-2. The van der Waals surface area contributed by atoms with Crippen molar-refractivity contribution in [3.8, 4) is 11.8 Å². The van der Waals surface area contributed by atoms with Crippen LogP contribution in [0.1, 0.15) is 66.8 Å². The predicted octanol–water partition coefficient (Wildman–Crippen LogP) is 8.07. The maximum atomic E-state index is 7.24. The molecular weight excluding hydrogens is 773 g/mol. The van der Waals surface area contributed by atoms with E-state index in [4.69, 9.17) is 12.8 Å². The summed E-state index contributed by atoms with van der Waals surface area (Å²) in [6.07, 6.45) is 14.5. The molecule has 0 amide bonds. The van der Waals surface area contributed by atoms with Gasteiger partial charge in [0.25, 0.3) is 0 Å². The van der Waals surface area contributed by atoms with Gasteiger partial charge in [0, 0.05) is 37.2 Å². The molecule has 2 rings (SSSR count). The van der Waals surface area contributed by atoms with Gasteiger partial charge in [-0.25, -0.2) is 0 Å². The Morgan fingerprint density at radius 3 is 0.733 bits per heavy atom. The zero-order valence-electron chi connectivity index (χ0n) is 19.8. The zero-order chi connectivity index (χ0) is 24.3. The van der Waals surface area contributed by atoms with Gasteiger partial charge in [0.2, 0.25) is 0 Å². The molecule has 30 heavy (non-hydrogen) atoms. The van der Waals surface area contributed by atoms with Crippen LogP contribution in [-0.4, -0.2) is 4.90 Å². The molecule has 0 atom stereocenters. The summed E-state index contributed by atoms with van der Waals surface area (Å²) in [7, 11) is 0. The summed E-state index contributed by atoms with van der Waals surface area (Å²) in [5, 5.41) is 0. The molecule has 0 aliphatic rings. The van der Waals surface area contributed by atoms with Crippen molar-refractivity contribution in [1.82, 2.24) is 0 Å². The van der Waals surface area contributed by atoms with E-state index in [2.05, 4.69) is 123 Å². The summed E-state index contributed by atoms with van der Waals surface area (Å²) >= 11 is 6.13. The molecule has 0 spiro atoms. The number of rotatable bonds is 0. The van der Waals surface area contributed by atoms with Gasteiger partial charge in [-0.3, -0.25) is 11.8 Å². The summed E-state index contributed by atoms with van der Waals surface area (Å²) < 4.78 is 0. The average molecular weight is 805 g/mol. The topological polar surface area (TPSA) is 0 Å². The normalized spacial score (nSPS) is 8.93. The van der Waals surface area contributed by atoms with E-state index in [1.54, 1.807) is 0 Å². The molecule has 0 saturated carbocycles. The molecule has 0 N–H and O–H groups in total. The fraction of sp³-hybridized carbons (Fsp3) is 0.370. The van der Waals surface area contributed by atoms with Crippen LogP contribution < -0.4 is 0 Å². The van der Waals surface area contributed by atoms with Crippen LogP contribution >= 0.6 is 37.2 Å². The Kier molecular flexibility index (Phi) is 16.3. The molecule has 0 heterocycles. The van der Waals surface area contributed by atoms with Crippen molar-refractivity contribution in [2.75, 3.05) is 0 Å². The van der Waals surface area contributed by atoms with E-state index in [0.717, 1.165) is 11.1 Å². The third-order valence-corrected chi connectivity index (χ3v) is 6.25. The molecule has 0 aliphatic carbocycles. The Morgan fingerprint density at radius 2 is 0.600 bits per heavy atom. The fourth-order valence-electron chi connectivity index (χ4n) is 3.38. The van der Waals surface area contributed by atoms with Gasteiger partial charge < -0.3 is 12.8 Å². The van der Waals surface area contributed by atoms with E-state index in [-0.39, 0.29) is 0 Å². The predicted molar refractivity (Wildman–Crippen MR) is 148 cm³/mol. The number of benzene rings is 2. The van der Waals surface area contributed by atoms with E-state index >= 15 is 0 Å². The molecule has 0 nitrogen and oxygen atoms in total. The van der Waals surface area contributed by atoms with Crippen LogP contribution in [0.5, 0.6) is 0 Å². The molecule has 0 radical (unpaired) electrons. The van der Waals surface area contributed by atoms with Crippen LogP contribution in [-0.2, 0) is 19.4 Å². The van der Waals surface area contributed by atoms with Gasteiger partial charge in [-0.15, -0.1) is 33.4 Å². The van der Waals surface area contributed by atoms with Crippen molar-refractivity contribution < 1.29 is 19.4 Å². The van der Waals surface area contributed by atoms with Crippen molar-refractivity contribution in [1.29, 1.82) is 0 Å². The second kappa shape index (κ2) is 15.4. The van der Waals surface area contributed by atoms with Crippen LogP contribution in [0.4, 0.5) is 0 Å². The summed E-state index contributed by atoms with van der Waals surface area (Å²) in [6, 6.07) is 0. The van der Waals surface area contributed by atoms with Crippen LogP contribution in [0.15, 0.2) is 0 Å². The van der Waals surface area contributed by atoms with Crippen molar-refractivity contribution in [3.63, 3.8) is 0 Å². The Morgan fingerprint density at radius 1 is 0.467 bits per heavy atom. The van der Waals surface area contributed by atoms with Crippen LogP contribution in [0.3, 0.4) is 0 Å².